The third-order valence-corrected chi connectivity index (χ3v) is 8.57. The summed E-state index contributed by atoms with van der Waals surface area (Å²) in [6.45, 7) is 8.90. The number of rotatable bonds is 16. The molecule has 0 saturated heterocycles. The summed E-state index contributed by atoms with van der Waals surface area (Å²) in [5.74, 6) is 0.161. The number of allylic oxidation sites excluding steroid dienone is 2. The molecule has 0 spiro atoms. The average molecular weight is 629 g/mol. The molecule has 0 bridgehead atoms. The van der Waals surface area contributed by atoms with Crippen LogP contribution in [0.25, 0.3) is 0 Å². The molecule has 0 radical (unpaired) electrons. The number of hydrogen-bond donors (Lipinski definition) is 0. The Balaban J connectivity index is 0.00000268. The summed E-state index contributed by atoms with van der Waals surface area (Å²) in [5.41, 5.74) is 4.60. The third-order valence-electron chi connectivity index (χ3n) is 5.90. The van der Waals surface area contributed by atoms with Gasteiger partial charge in [0.15, 0.2) is 0 Å². The van der Waals surface area contributed by atoms with Gasteiger partial charge in [0.1, 0.15) is 13.2 Å². The van der Waals surface area contributed by atoms with Gasteiger partial charge in [-0.15, -0.1) is 0 Å². The van der Waals surface area contributed by atoms with E-state index in [1.807, 2.05) is 31.2 Å². The van der Waals surface area contributed by atoms with E-state index in [2.05, 4.69) is 6.92 Å². The van der Waals surface area contributed by atoms with Crippen molar-refractivity contribution in [2.75, 3.05) is 44.5 Å². The van der Waals surface area contributed by atoms with E-state index in [9.17, 15) is 14.4 Å². The van der Waals surface area contributed by atoms with Gasteiger partial charge in [0.2, 0.25) is 0 Å². The molecule has 0 aliphatic heterocycles. The van der Waals surface area contributed by atoms with Crippen LogP contribution >= 0.6 is 33.2 Å². The van der Waals surface area contributed by atoms with Crippen LogP contribution in [0.3, 0.4) is 0 Å². The predicted octanol–water partition coefficient (Wildman–Crippen LogP) is 5.72. The lowest BCUT2D eigenvalue weighted by Crippen LogP contribution is -2.24. The number of benzene rings is 1. The molecule has 0 aromatic heterocycles. The molecule has 1 aromatic carbocycles. The largest absolute Gasteiger partial charge is 0.465 e. The SMILES string of the molecule is CCOC(=O)C1=C(COCCCC(=O)OCCSSCCOC(C)=O)CC(C)=C(C)C1c1ccccc1Cl.O=C=O. The zero-order chi connectivity index (χ0) is 30.6. The Bertz CT molecular complexity index is 1110. The van der Waals surface area contributed by atoms with Crippen LogP contribution in [0, 0.1) is 0 Å². The van der Waals surface area contributed by atoms with Crippen molar-refractivity contribution in [3.8, 4) is 0 Å². The molecule has 0 N–H and O–H groups in total. The van der Waals surface area contributed by atoms with E-state index in [-0.39, 0.29) is 49.6 Å². The molecule has 1 unspecified atom stereocenters. The first-order valence-corrected chi connectivity index (χ1v) is 15.9. The molecule has 0 fully saturated rings. The monoisotopic (exact) mass is 628 g/mol. The minimum Gasteiger partial charge on any atom is -0.465 e. The lowest BCUT2D eigenvalue weighted by Gasteiger charge is -2.31. The van der Waals surface area contributed by atoms with E-state index in [0.29, 0.717) is 54.8 Å². The molecule has 9 nitrogen and oxygen atoms in total. The number of carbonyl (C=O) groups excluding carboxylic acids is 5. The number of ether oxygens (including phenoxy) is 4. The van der Waals surface area contributed by atoms with Gasteiger partial charge in [-0.05, 0) is 50.8 Å². The highest BCUT2D eigenvalue weighted by Gasteiger charge is 2.34. The Labute approximate surface area is 254 Å². The fraction of sp³-hybridized carbons (Fsp3) is 0.517. The van der Waals surface area contributed by atoms with Crippen LogP contribution in [0.5, 0.6) is 0 Å². The van der Waals surface area contributed by atoms with Crippen molar-refractivity contribution in [3.05, 3.63) is 57.1 Å². The van der Waals surface area contributed by atoms with E-state index >= 15 is 0 Å². The molecule has 0 saturated carbocycles. The number of carbonyl (C=O) groups is 3. The maximum atomic E-state index is 13.1. The highest BCUT2D eigenvalue weighted by atomic mass is 35.5. The maximum absolute atomic E-state index is 13.1. The summed E-state index contributed by atoms with van der Waals surface area (Å²) >= 11 is 6.53. The Morgan fingerprint density at radius 1 is 1.00 bits per heavy atom. The standard InChI is InChI=1S/C28H37ClO7S2.CO2/c1-5-34-28(32)27-22(17-19(2)20(3)26(27)23-9-6-7-10-24(23)29)18-33-12-8-11-25(31)36-14-16-38-37-15-13-35-21(4)30;2-1-3/h6-7,9-10,26H,5,8,11-18H2,1-4H3;. The lowest BCUT2D eigenvalue weighted by atomic mass is 9.75. The van der Waals surface area contributed by atoms with Crippen LogP contribution in [0.1, 0.15) is 58.4 Å². The fourth-order valence-corrected chi connectivity index (χ4v) is 5.93. The van der Waals surface area contributed by atoms with E-state index in [1.165, 1.54) is 12.5 Å². The van der Waals surface area contributed by atoms with Crippen LogP contribution in [0.15, 0.2) is 46.6 Å². The molecular weight excluding hydrogens is 592 g/mol. The molecular formula is C29H37ClO9S2. The van der Waals surface area contributed by atoms with Crippen molar-refractivity contribution < 1.29 is 42.9 Å². The van der Waals surface area contributed by atoms with Crippen LogP contribution in [-0.2, 0) is 42.9 Å². The Hall–Kier alpha value is -2.56. The van der Waals surface area contributed by atoms with Crippen molar-refractivity contribution in [1.29, 1.82) is 0 Å². The van der Waals surface area contributed by atoms with Gasteiger partial charge in [0, 0.05) is 42.4 Å². The van der Waals surface area contributed by atoms with E-state index in [1.54, 1.807) is 28.5 Å². The molecule has 41 heavy (non-hydrogen) atoms. The quantitative estimate of drug-likeness (QED) is 0.0734. The van der Waals surface area contributed by atoms with Crippen molar-refractivity contribution in [1.82, 2.24) is 0 Å². The van der Waals surface area contributed by atoms with Crippen molar-refractivity contribution in [2.24, 2.45) is 0 Å². The van der Waals surface area contributed by atoms with Gasteiger partial charge in [0.25, 0.3) is 0 Å². The van der Waals surface area contributed by atoms with Crippen LogP contribution in [-0.4, -0.2) is 68.6 Å². The summed E-state index contributed by atoms with van der Waals surface area (Å²) in [4.78, 5) is 52.0. The van der Waals surface area contributed by atoms with Gasteiger partial charge in [-0.25, -0.2) is 4.79 Å². The normalized spacial score (nSPS) is 14.5. The molecule has 1 aromatic rings. The second kappa shape index (κ2) is 21.2. The van der Waals surface area contributed by atoms with Crippen molar-refractivity contribution in [3.63, 3.8) is 0 Å². The first-order valence-electron chi connectivity index (χ1n) is 13.1. The zero-order valence-electron chi connectivity index (χ0n) is 23.8. The Kier molecular flexibility index (Phi) is 18.8. The first kappa shape index (κ1) is 36.5. The van der Waals surface area contributed by atoms with Gasteiger partial charge < -0.3 is 18.9 Å². The molecule has 1 aliphatic carbocycles. The number of hydrogen-bond acceptors (Lipinski definition) is 11. The van der Waals surface area contributed by atoms with Gasteiger partial charge >= 0.3 is 24.1 Å². The van der Waals surface area contributed by atoms with Gasteiger partial charge in [-0.3, -0.25) is 9.59 Å². The van der Waals surface area contributed by atoms with Gasteiger partial charge in [-0.1, -0.05) is 62.5 Å². The molecule has 1 aliphatic rings. The van der Waals surface area contributed by atoms with E-state index < -0.39 is 0 Å². The second-order valence-electron chi connectivity index (χ2n) is 8.78. The molecule has 0 heterocycles. The Morgan fingerprint density at radius 2 is 1.63 bits per heavy atom. The van der Waals surface area contributed by atoms with Crippen LogP contribution in [0.4, 0.5) is 0 Å². The summed E-state index contributed by atoms with van der Waals surface area (Å²) in [6, 6.07) is 7.56. The molecule has 226 valence electrons. The lowest BCUT2D eigenvalue weighted by molar-refractivity contribution is -0.191. The van der Waals surface area contributed by atoms with Crippen molar-refractivity contribution >= 4 is 57.2 Å². The van der Waals surface area contributed by atoms with E-state index in [4.69, 9.17) is 40.1 Å². The molecule has 1 atom stereocenters. The predicted molar refractivity (Wildman–Crippen MR) is 158 cm³/mol. The highest BCUT2D eigenvalue weighted by Crippen LogP contribution is 2.44. The van der Waals surface area contributed by atoms with Gasteiger partial charge in [0.05, 0.1) is 18.8 Å². The molecule has 0 amide bonds. The average Bonchev–Trinajstić information content (AvgIpc) is 2.92. The Morgan fingerprint density at radius 3 is 2.24 bits per heavy atom. The second-order valence-corrected chi connectivity index (χ2v) is 11.9. The van der Waals surface area contributed by atoms with Crippen molar-refractivity contribution in [2.45, 2.75) is 52.9 Å². The van der Waals surface area contributed by atoms with Gasteiger partial charge in [-0.2, -0.15) is 9.59 Å². The highest BCUT2D eigenvalue weighted by molar-refractivity contribution is 8.76. The maximum Gasteiger partial charge on any atom is 0.373 e. The minimum atomic E-state index is -0.353. The third kappa shape index (κ3) is 13.8. The minimum absolute atomic E-state index is 0.250. The topological polar surface area (TPSA) is 122 Å². The summed E-state index contributed by atoms with van der Waals surface area (Å²) < 4.78 is 21.4. The summed E-state index contributed by atoms with van der Waals surface area (Å²) in [6.07, 6.45) is 1.65. The zero-order valence-corrected chi connectivity index (χ0v) is 26.2. The fourth-order valence-electron chi connectivity index (χ4n) is 4.03. The van der Waals surface area contributed by atoms with E-state index in [0.717, 1.165) is 16.7 Å². The number of halogens is 1. The number of esters is 3. The first-order chi connectivity index (χ1) is 19.7. The smallest absolute Gasteiger partial charge is 0.373 e. The summed E-state index contributed by atoms with van der Waals surface area (Å²) in [7, 11) is 3.14. The molecule has 12 heteroatoms. The summed E-state index contributed by atoms with van der Waals surface area (Å²) in [5, 5.41) is 0.603. The van der Waals surface area contributed by atoms with Crippen LogP contribution < -0.4 is 0 Å². The van der Waals surface area contributed by atoms with Crippen LogP contribution in [0.2, 0.25) is 5.02 Å². The molecule has 2 rings (SSSR count).